The lowest BCUT2D eigenvalue weighted by Gasteiger charge is -2.43. The number of anilines is 6. The highest BCUT2D eigenvalue weighted by molar-refractivity contribution is 6.00. The lowest BCUT2D eigenvalue weighted by molar-refractivity contribution is -0.129. The van der Waals surface area contributed by atoms with Crippen molar-refractivity contribution < 1.29 is 33.7 Å². The third-order valence-corrected chi connectivity index (χ3v) is 30.7. The molecule has 1 unspecified atom stereocenters. The number of pyridine rings is 3. The minimum atomic E-state index is -0.718. The van der Waals surface area contributed by atoms with Gasteiger partial charge in [0, 0.05) is 179 Å². The molecule has 28 nitrogen and oxygen atoms in total. The van der Waals surface area contributed by atoms with E-state index >= 15 is 0 Å². The Morgan fingerprint density at radius 3 is 1.32 bits per heavy atom. The molecule has 7 aromatic carbocycles. The number of hydrogen-bond acceptors (Lipinski definition) is 25. The molecule has 734 valence electrons. The van der Waals surface area contributed by atoms with E-state index in [1.54, 1.807) is 14.7 Å². The number of ether oxygens (including phenoxy) is 3. The predicted molar refractivity (Wildman–Crippen MR) is 558 cm³/mol. The Kier molecular flexibility index (Phi) is 31.2. The lowest BCUT2D eigenvalue weighted by atomic mass is 9.92. The number of nitriles is 6. The largest absolute Gasteiger partial charge is 0.477 e. The standard InChI is InChI=1S/C40H41N7O2.C38H43N7O2.C37H43N7O3/c1-3-37(48)47-18-17-46(26-32(47)13-15-41)40-33-14-16-45(36-12-6-10-30-9-4-7-28(2)38(30)36)27-35(33)43-39(34(40)24-42)31-11-5-8-29(23-31)25-44-19-21-49-22-20-44;1-3-35(46)45-19-18-44(24-30(45)13-15-39)37-31-14-17-43(34-10-5-9-28-8-4-7-26(2)36(28)34)25-33(31)41-38(32(37)22-40)47-20-6-16-42-23-27-11-12-29(42)21-27;1-3-34(46)44-20-19-43(22-28(44)13-15-38)36-30-14-18-42(33-12-8-11-27-10-7-9-26(2)35(27)33)24-32(30)40-37(31(36)21-39)47-25-29(45)23-41-16-5-4-6-17-41/h3-12,23,32H,1,13-14,16-22,25-27H2,2H3;3-5,7-10,27,29-30H,1,6,11-14,16-21,23-25H2,2H3;3,7-12,28-29,45H,1,4-6,13-14,16-20,22-25H2,2H3/t32-;27-,29+,30+;28-,29?/m010/s1. The van der Waals surface area contributed by atoms with Crippen LogP contribution < -0.4 is 38.9 Å². The summed E-state index contributed by atoms with van der Waals surface area (Å²) in [5, 5.41) is 79.2. The fraction of sp³-hybridized carbons (Fsp3) is 0.426. The number of piperazine rings is 3. The van der Waals surface area contributed by atoms with E-state index < -0.39 is 6.10 Å². The van der Waals surface area contributed by atoms with Crippen molar-refractivity contribution in [2.24, 2.45) is 5.92 Å². The molecule has 28 heteroatoms. The van der Waals surface area contributed by atoms with Crippen LogP contribution in [0.1, 0.15) is 137 Å². The van der Waals surface area contributed by atoms with Gasteiger partial charge in [-0.05, 0) is 178 Å². The van der Waals surface area contributed by atoms with Gasteiger partial charge in [0.1, 0.15) is 47.6 Å². The zero-order chi connectivity index (χ0) is 99.3. The van der Waals surface area contributed by atoms with Gasteiger partial charge in [0.05, 0.1) is 135 Å². The normalized spacial score (nSPS) is 19.8. The molecule has 2 bridgehead atoms. The molecule has 1 saturated carbocycles. The fourth-order valence-corrected chi connectivity index (χ4v) is 23.8. The molecular formula is C115H127N21O7. The second-order valence-electron chi connectivity index (χ2n) is 39.5. The van der Waals surface area contributed by atoms with Crippen LogP contribution in [0.25, 0.3) is 43.6 Å². The summed E-state index contributed by atoms with van der Waals surface area (Å²) in [6.07, 6.45) is 14.3. The number of nitrogens with zero attached hydrogens (tertiary/aromatic N) is 21. The fourth-order valence-electron chi connectivity index (χ4n) is 23.8. The zero-order valence-electron chi connectivity index (χ0n) is 82.6. The number of amides is 3. The number of aliphatic hydroxyl groups is 1. The molecule has 3 amide bonds. The first-order chi connectivity index (χ1) is 69.9. The molecule has 0 radical (unpaired) electrons. The molecule has 10 aromatic rings. The quantitative estimate of drug-likeness (QED) is 0.0410. The van der Waals surface area contributed by atoms with Crippen molar-refractivity contribution in [3.05, 3.63) is 244 Å². The number of aliphatic hydroxyl groups excluding tert-OH is 1. The molecular weight excluding hydrogens is 1790 g/mol. The number of aryl methyl sites for hydroxylation is 3. The van der Waals surface area contributed by atoms with Gasteiger partial charge in [0.25, 0.3) is 0 Å². The van der Waals surface area contributed by atoms with Crippen molar-refractivity contribution in [2.75, 3.05) is 180 Å². The maximum absolute atomic E-state index is 12.8. The average Bonchev–Trinajstić information content (AvgIpc) is 1.40. The van der Waals surface area contributed by atoms with E-state index in [9.17, 15) is 51.1 Å². The van der Waals surface area contributed by atoms with Gasteiger partial charge in [0.2, 0.25) is 29.5 Å². The smallest absolute Gasteiger partial charge is 0.246 e. The predicted octanol–water partition coefficient (Wildman–Crippen LogP) is 15.3. The van der Waals surface area contributed by atoms with Crippen LogP contribution in [0.15, 0.2) is 171 Å². The summed E-state index contributed by atoms with van der Waals surface area (Å²) in [7, 11) is 0. The molecule has 0 spiro atoms. The Morgan fingerprint density at radius 2 is 0.902 bits per heavy atom. The second kappa shape index (κ2) is 45.2. The van der Waals surface area contributed by atoms with Crippen LogP contribution in [0.5, 0.6) is 11.8 Å². The average molecular weight is 1920 g/mol. The Labute approximate surface area is 839 Å². The van der Waals surface area contributed by atoms with Crippen LogP contribution in [-0.4, -0.2) is 248 Å². The van der Waals surface area contributed by atoms with E-state index in [0.29, 0.717) is 126 Å². The Morgan fingerprint density at radius 1 is 0.476 bits per heavy atom. The van der Waals surface area contributed by atoms with Gasteiger partial charge in [-0.1, -0.05) is 135 Å². The van der Waals surface area contributed by atoms with Crippen LogP contribution >= 0.6 is 0 Å². The maximum Gasteiger partial charge on any atom is 0.246 e. The summed E-state index contributed by atoms with van der Waals surface area (Å²) >= 11 is 0. The third kappa shape index (κ3) is 21.3. The summed E-state index contributed by atoms with van der Waals surface area (Å²) in [6.45, 7) is 35.0. The third-order valence-electron chi connectivity index (χ3n) is 30.7. The molecule has 20 rings (SSSR count). The summed E-state index contributed by atoms with van der Waals surface area (Å²) in [5.74, 6) is 0.929. The highest BCUT2D eigenvalue weighted by Gasteiger charge is 2.42. The number of morpholine rings is 1. The van der Waals surface area contributed by atoms with E-state index in [2.05, 4.69) is 254 Å². The Hall–Kier alpha value is -14.5. The van der Waals surface area contributed by atoms with Crippen molar-refractivity contribution in [2.45, 2.75) is 161 Å². The number of aromatic nitrogens is 3. The second-order valence-corrected chi connectivity index (χ2v) is 39.5. The van der Waals surface area contributed by atoms with Gasteiger partial charge in [-0.2, -0.15) is 31.6 Å². The molecule has 3 aromatic heterocycles. The van der Waals surface area contributed by atoms with Gasteiger partial charge >= 0.3 is 0 Å². The summed E-state index contributed by atoms with van der Waals surface area (Å²) in [5.41, 5.74) is 19.7. The van der Waals surface area contributed by atoms with Crippen molar-refractivity contribution >= 4 is 84.2 Å². The van der Waals surface area contributed by atoms with Gasteiger partial charge in [-0.15, -0.1) is 0 Å². The summed E-state index contributed by atoms with van der Waals surface area (Å²) < 4.78 is 18.2. The summed E-state index contributed by atoms with van der Waals surface area (Å²) in [4.78, 5) is 79.6. The number of fused-ring (bicyclic) bond motifs is 8. The van der Waals surface area contributed by atoms with E-state index in [0.717, 1.165) is 178 Å². The van der Waals surface area contributed by atoms with Crippen LogP contribution in [0, 0.1) is 94.7 Å². The van der Waals surface area contributed by atoms with Crippen LogP contribution in [-0.2, 0) is 64.6 Å². The van der Waals surface area contributed by atoms with E-state index in [4.69, 9.17) is 29.2 Å². The monoisotopic (exact) mass is 1910 g/mol. The topological polar surface area (TPSA) is 319 Å². The molecule has 6 atom stereocenters. The highest BCUT2D eigenvalue weighted by Crippen LogP contribution is 2.47. The molecule has 1 N–H and O–H groups in total. The van der Waals surface area contributed by atoms with Gasteiger partial charge < -0.3 is 68.3 Å². The number of β-amino-alcohol motifs (C(OH)–C–C–N with tert-alkyl or cyclic N) is 1. The van der Waals surface area contributed by atoms with Crippen LogP contribution in [0.2, 0.25) is 0 Å². The number of piperidine rings is 2. The van der Waals surface area contributed by atoms with Crippen molar-refractivity contribution in [3.63, 3.8) is 0 Å². The first kappa shape index (κ1) is 98.7. The molecule has 10 aliphatic rings. The first-order valence-electron chi connectivity index (χ1n) is 50.9. The maximum atomic E-state index is 12.8. The van der Waals surface area contributed by atoms with Crippen LogP contribution in [0.4, 0.5) is 34.1 Å². The SMILES string of the molecule is C=CC(=O)N1CCN(c2c(C#N)c(-c3cccc(CN4CCOCC4)c3)nc3c2CCN(c2cccc4cccc(C)c24)C3)C[C@@H]1CC#N.C=CC(=O)N1CCN(c2c(C#N)c(OCC(O)CN3CCCCC3)nc3c2CCN(c2cccc4cccc(C)c24)C3)C[C@@H]1CC#N.C=CC(=O)N1CCN(c2c(C#N)c(OCCCN3C[C@@H]4CC[C@H]3C4)nc3c2CCN(c2cccc4cccc(C)c24)C3)C[C@@H]1CC#N. The molecule has 6 saturated heterocycles. The number of hydrogen-bond donors (Lipinski definition) is 1. The van der Waals surface area contributed by atoms with Crippen LogP contribution in [0.3, 0.4) is 0 Å². The molecule has 1 aliphatic carbocycles. The van der Waals surface area contributed by atoms with Gasteiger partial charge in [0.15, 0.2) is 0 Å². The Balaban J connectivity index is 0.000000141. The molecule has 9 aliphatic heterocycles. The molecule has 7 fully saturated rings. The number of carbonyl (C=O) groups excluding carboxylic acids is 3. The van der Waals surface area contributed by atoms with Crippen molar-refractivity contribution in [1.82, 2.24) is 44.4 Å². The van der Waals surface area contributed by atoms with Gasteiger partial charge in [-0.3, -0.25) is 24.2 Å². The van der Waals surface area contributed by atoms with Gasteiger partial charge in [-0.25, -0.2) is 15.0 Å². The minimum absolute atomic E-state index is 0.0291. The van der Waals surface area contributed by atoms with Crippen molar-refractivity contribution in [3.8, 4) is 59.4 Å². The molecule has 143 heavy (non-hydrogen) atoms. The molecule has 12 heterocycles. The zero-order valence-corrected chi connectivity index (χ0v) is 82.6. The van der Waals surface area contributed by atoms with E-state index in [-0.39, 0.29) is 67.6 Å². The van der Waals surface area contributed by atoms with E-state index in [1.807, 2.05) is 0 Å². The van der Waals surface area contributed by atoms with E-state index in [1.165, 1.54) is 116 Å². The number of likely N-dealkylation sites (tertiary alicyclic amines) is 2. The number of benzene rings is 7. The number of rotatable bonds is 25. The summed E-state index contributed by atoms with van der Waals surface area (Å²) in [6, 6.07) is 60.9. The first-order valence-corrected chi connectivity index (χ1v) is 50.9. The van der Waals surface area contributed by atoms with Crippen molar-refractivity contribution in [1.29, 1.82) is 31.6 Å². The number of carbonyl (C=O) groups is 3. The highest BCUT2D eigenvalue weighted by atomic mass is 16.5. The Bertz CT molecular complexity index is 6730. The lowest BCUT2D eigenvalue weighted by Crippen LogP contribution is -2.55. The minimum Gasteiger partial charge on any atom is -0.477 e.